The van der Waals surface area contributed by atoms with E-state index >= 15 is 0 Å². The van der Waals surface area contributed by atoms with Gasteiger partial charge in [-0.2, -0.15) is 5.10 Å². The van der Waals surface area contributed by atoms with E-state index in [1.165, 1.54) is 0 Å². The molecule has 6 nitrogen and oxygen atoms in total. The zero-order valence-corrected chi connectivity index (χ0v) is 15.3. The number of urea groups is 1. The Morgan fingerprint density at radius 1 is 1.25 bits per heavy atom. The van der Waals surface area contributed by atoms with E-state index in [1.807, 2.05) is 62.7 Å². The van der Waals surface area contributed by atoms with Crippen molar-refractivity contribution in [3.8, 4) is 0 Å². The SMILES string of the molecule is Cc1nn(C(C)C)c(C)c1NC(=O)NCC[S@](=O)c1ccccc1. The summed E-state index contributed by atoms with van der Waals surface area (Å²) in [6.45, 7) is 8.22. The lowest BCUT2D eigenvalue weighted by molar-refractivity contribution is 0.252. The molecule has 0 aliphatic heterocycles. The van der Waals surface area contributed by atoms with Gasteiger partial charge in [-0.3, -0.25) is 8.89 Å². The maximum Gasteiger partial charge on any atom is 0.319 e. The number of amides is 2. The molecule has 130 valence electrons. The summed E-state index contributed by atoms with van der Waals surface area (Å²) in [6.07, 6.45) is 0. The maximum absolute atomic E-state index is 12.1. The van der Waals surface area contributed by atoms with Gasteiger partial charge in [0.05, 0.1) is 27.9 Å². The van der Waals surface area contributed by atoms with E-state index in [9.17, 15) is 9.00 Å². The fraction of sp³-hybridized carbons (Fsp3) is 0.412. The van der Waals surface area contributed by atoms with E-state index < -0.39 is 10.8 Å². The van der Waals surface area contributed by atoms with Crippen molar-refractivity contribution in [1.82, 2.24) is 15.1 Å². The third-order valence-electron chi connectivity index (χ3n) is 3.63. The molecule has 0 unspecified atom stereocenters. The number of carbonyl (C=O) groups excluding carboxylic acids is 1. The van der Waals surface area contributed by atoms with Gasteiger partial charge in [-0.15, -0.1) is 0 Å². The zero-order chi connectivity index (χ0) is 17.7. The van der Waals surface area contributed by atoms with Crippen LogP contribution in [0.4, 0.5) is 10.5 Å². The fourth-order valence-electron chi connectivity index (χ4n) is 2.45. The van der Waals surface area contributed by atoms with Crippen LogP contribution in [-0.4, -0.2) is 32.3 Å². The van der Waals surface area contributed by atoms with Crippen LogP contribution in [0.25, 0.3) is 0 Å². The molecular formula is C17H24N4O2S. The summed E-state index contributed by atoms with van der Waals surface area (Å²) in [4.78, 5) is 12.8. The predicted molar refractivity (Wildman–Crippen MR) is 96.8 cm³/mol. The molecule has 1 heterocycles. The van der Waals surface area contributed by atoms with Crippen LogP contribution in [0, 0.1) is 13.8 Å². The minimum atomic E-state index is -1.12. The molecule has 24 heavy (non-hydrogen) atoms. The Bertz CT molecular complexity index is 726. The first-order valence-corrected chi connectivity index (χ1v) is 9.26. The molecule has 2 amide bonds. The number of rotatable bonds is 6. The molecule has 1 aromatic carbocycles. The number of hydrogen-bond donors (Lipinski definition) is 2. The number of nitrogens with zero attached hydrogens (tertiary/aromatic N) is 2. The average Bonchev–Trinajstić information content (AvgIpc) is 2.84. The van der Waals surface area contributed by atoms with Crippen LogP contribution in [0.15, 0.2) is 35.2 Å². The fourth-order valence-corrected chi connectivity index (χ4v) is 3.44. The first-order chi connectivity index (χ1) is 11.4. The van der Waals surface area contributed by atoms with Crippen LogP contribution in [0.5, 0.6) is 0 Å². The van der Waals surface area contributed by atoms with Crippen LogP contribution >= 0.6 is 0 Å². The van der Waals surface area contributed by atoms with Gasteiger partial charge in [0.25, 0.3) is 0 Å². The van der Waals surface area contributed by atoms with E-state index in [0.717, 1.165) is 22.0 Å². The molecule has 2 N–H and O–H groups in total. The average molecular weight is 348 g/mol. The van der Waals surface area contributed by atoms with Crippen LogP contribution < -0.4 is 10.6 Å². The van der Waals surface area contributed by atoms with Gasteiger partial charge in [0, 0.05) is 23.2 Å². The molecule has 1 aromatic heterocycles. The summed E-state index contributed by atoms with van der Waals surface area (Å²) in [6, 6.07) is 9.15. The molecular weight excluding hydrogens is 324 g/mol. The lowest BCUT2D eigenvalue weighted by atomic mass is 10.3. The summed E-state index contributed by atoms with van der Waals surface area (Å²) in [5.41, 5.74) is 2.43. The van der Waals surface area contributed by atoms with Crippen molar-refractivity contribution < 1.29 is 9.00 Å². The van der Waals surface area contributed by atoms with Crippen molar-refractivity contribution in [3.63, 3.8) is 0 Å². The number of aryl methyl sites for hydroxylation is 1. The van der Waals surface area contributed by atoms with Gasteiger partial charge in [0.2, 0.25) is 0 Å². The Balaban J connectivity index is 1.87. The monoisotopic (exact) mass is 348 g/mol. The van der Waals surface area contributed by atoms with E-state index in [1.54, 1.807) is 0 Å². The van der Waals surface area contributed by atoms with E-state index in [2.05, 4.69) is 15.7 Å². The van der Waals surface area contributed by atoms with Gasteiger partial charge in [-0.25, -0.2) is 4.79 Å². The molecule has 0 spiro atoms. The lowest BCUT2D eigenvalue weighted by Crippen LogP contribution is -2.32. The number of carbonyl (C=O) groups is 1. The Kier molecular flexibility index (Phi) is 6.14. The molecule has 1 atom stereocenters. The van der Waals surface area contributed by atoms with Gasteiger partial charge in [0.1, 0.15) is 0 Å². The summed E-state index contributed by atoms with van der Waals surface area (Å²) in [5.74, 6) is 0.376. The molecule has 0 aliphatic carbocycles. The Morgan fingerprint density at radius 2 is 1.92 bits per heavy atom. The number of benzene rings is 1. The minimum Gasteiger partial charge on any atom is -0.337 e. The second-order valence-corrected chi connectivity index (χ2v) is 7.40. The smallest absolute Gasteiger partial charge is 0.319 e. The molecule has 7 heteroatoms. The number of aromatic nitrogens is 2. The van der Waals surface area contributed by atoms with Crippen LogP contribution in [0.2, 0.25) is 0 Å². The van der Waals surface area contributed by atoms with Gasteiger partial charge in [-0.05, 0) is 39.8 Å². The lowest BCUT2D eigenvalue weighted by Gasteiger charge is -2.10. The number of hydrogen-bond acceptors (Lipinski definition) is 3. The summed E-state index contributed by atoms with van der Waals surface area (Å²) in [7, 11) is -1.12. The predicted octanol–water partition coefficient (Wildman–Crippen LogP) is 3.01. The highest BCUT2D eigenvalue weighted by molar-refractivity contribution is 7.85. The van der Waals surface area contributed by atoms with Crippen molar-refractivity contribution in [2.75, 3.05) is 17.6 Å². The Hall–Kier alpha value is -2.15. The third kappa shape index (κ3) is 4.44. The maximum atomic E-state index is 12.1. The van der Waals surface area contributed by atoms with Crippen LogP contribution in [0.3, 0.4) is 0 Å². The molecule has 0 saturated carbocycles. The molecule has 0 radical (unpaired) electrons. The zero-order valence-electron chi connectivity index (χ0n) is 14.5. The number of anilines is 1. The highest BCUT2D eigenvalue weighted by Crippen LogP contribution is 2.22. The summed E-state index contributed by atoms with van der Waals surface area (Å²) >= 11 is 0. The van der Waals surface area contributed by atoms with Crippen molar-refractivity contribution in [1.29, 1.82) is 0 Å². The van der Waals surface area contributed by atoms with Crippen molar-refractivity contribution in [2.24, 2.45) is 0 Å². The van der Waals surface area contributed by atoms with Crippen molar-refractivity contribution in [3.05, 3.63) is 41.7 Å². The molecule has 0 aliphatic rings. The van der Waals surface area contributed by atoms with Crippen LogP contribution in [-0.2, 0) is 10.8 Å². The van der Waals surface area contributed by atoms with Crippen molar-refractivity contribution in [2.45, 2.75) is 38.6 Å². The molecule has 2 rings (SSSR count). The summed E-state index contributed by atoms with van der Waals surface area (Å²) in [5, 5.41) is 10.0. The first kappa shape index (κ1) is 18.2. The Morgan fingerprint density at radius 3 is 2.50 bits per heavy atom. The second kappa shape index (κ2) is 8.10. The quantitative estimate of drug-likeness (QED) is 0.842. The van der Waals surface area contributed by atoms with Gasteiger partial charge < -0.3 is 10.6 Å². The molecule has 0 fully saturated rings. The third-order valence-corrected chi connectivity index (χ3v) is 5.00. The highest BCUT2D eigenvalue weighted by Gasteiger charge is 2.15. The van der Waals surface area contributed by atoms with Gasteiger partial charge in [-0.1, -0.05) is 18.2 Å². The first-order valence-electron chi connectivity index (χ1n) is 7.94. The Labute approximate surface area is 145 Å². The minimum absolute atomic E-state index is 0.232. The molecule has 2 aromatic rings. The standard InChI is InChI=1S/C17H24N4O2S/c1-12(2)21-14(4)16(13(3)20-21)19-17(22)18-10-11-24(23)15-8-6-5-7-9-15/h5-9,12H,10-11H2,1-4H3,(H2,18,19,22)/t24-/m0/s1. The molecule has 0 saturated heterocycles. The van der Waals surface area contributed by atoms with E-state index in [0.29, 0.717) is 12.3 Å². The van der Waals surface area contributed by atoms with E-state index in [4.69, 9.17) is 0 Å². The highest BCUT2D eigenvalue weighted by atomic mass is 32.2. The summed E-state index contributed by atoms with van der Waals surface area (Å²) < 4.78 is 14.0. The van der Waals surface area contributed by atoms with Gasteiger partial charge >= 0.3 is 6.03 Å². The second-order valence-electron chi connectivity index (χ2n) is 5.83. The number of nitrogens with one attached hydrogen (secondary N) is 2. The largest absolute Gasteiger partial charge is 0.337 e. The van der Waals surface area contributed by atoms with Crippen LogP contribution in [0.1, 0.15) is 31.3 Å². The normalized spacial score (nSPS) is 12.2. The van der Waals surface area contributed by atoms with Crippen molar-refractivity contribution >= 4 is 22.5 Å². The molecule has 0 bridgehead atoms. The van der Waals surface area contributed by atoms with Gasteiger partial charge in [0.15, 0.2) is 0 Å². The topological polar surface area (TPSA) is 76.0 Å². The van der Waals surface area contributed by atoms with E-state index in [-0.39, 0.29) is 12.1 Å².